The van der Waals surface area contributed by atoms with Crippen molar-refractivity contribution in [2.75, 3.05) is 18.0 Å². The molecule has 5 heteroatoms. The lowest BCUT2D eigenvalue weighted by Gasteiger charge is -2.38. The van der Waals surface area contributed by atoms with Gasteiger partial charge in [0.2, 0.25) is 0 Å². The summed E-state index contributed by atoms with van der Waals surface area (Å²) in [4.78, 5) is 11.4. The average Bonchev–Trinajstić information content (AvgIpc) is 2.74. The summed E-state index contributed by atoms with van der Waals surface area (Å²) >= 11 is 1.76. The van der Waals surface area contributed by atoms with Gasteiger partial charge in [-0.15, -0.1) is 11.3 Å². The molecule has 4 nitrogen and oxygen atoms in total. The molecule has 2 aromatic rings. The molecule has 0 radical (unpaired) electrons. The van der Waals surface area contributed by atoms with Crippen molar-refractivity contribution in [1.29, 1.82) is 0 Å². The lowest BCUT2D eigenvalue weighted by Crippen LogP contribution is -2.42. The number of aryl methyl sites for hydroxylation is 1. The Hall–Kier alpha value is -1.20. The Bertz CT molecular complexity index is 562. The van der Waals surface area contributed by atoms with Crippen LogP contribution in [0, 0.1) is 6.92 Å². The van der Waals surface area contributed by atoms with E-state index < -0.39 is 0 Å². The van der Waals surface area contributed by atoms with Crippen LogP contribution in [0.4, 0.5) is 5.82 Å². The minimum Gasteiger partial charge on any atom is -0.352 e. The van der Waals surface area contributed by atoms with Crippen molar-refractivity contribution in [3.05, 3.63) is 17.3 Å². The number of hydrogen-bond donors (Lipinski definition) is 1. The lowest BCUT2D eigenvalue weighted by molar-refractivity contribution is 0.383. The van der Waals surface area contributed by atoms with Crippen LogP contribution in [0.3, 0.4) is 0 Å². The van der Waals surface area contributed by atoms with Gasteiger partial charge in [-0.1, -0.05) is 0 Å². The highest BCUT2D eigenvalue weighted by molar-refractivity contribution is 7.18. The van der Waals surface area contributed by atoms with Crippen molar-refractivity contribution in [3.63, 3.8) is 0 Å². The summed E-state index contributed by atoms with van der Waals surface area (Å²) in [5.41, 5.74) is 8.02. The van der Waals surface area contributed by atoms with Crippen molar-refractivity contribution < 1.29 is 0 Å². The molecule has 0 amide bonds. The van der Waals surface area contributed by atoms with Gasteiger partial charge in [0.25, 0.3) is 0 Å². The summed E-state index contributed by atoms with van der Waals surface area (Å²) in [5.74, 6) is 1.11. The third kappa shape index (κ3) is 2.32. The van der Waals surface area contributed by atoms with E-state index in [2.05, 4.69) is 27.2 Å². The second-order valence-corrected chi connectivity index (χ2v) is 6.09. The van der Waals surface area contributed by atoms with E-state index >= 15 is 0 Å². The number of rotatable bonds is 5. The van der Waals surface area contributed by atoms with Crippen LogP contribution in [0.25, 0.3) is 10.2 Å². The molecule has 1 aliphatic rings. The molecule has 1 fully saturated rings. The standard InChI is InChI=1S/C14H20N4S/c1-10-8-19-13-12(10)16-9-17-14(13)18(7-3-6-15)11-4-2-5-11/h8-9,11H,2-7,15H2,1H3. The molecule has 1 aliphatic carbocycles. The fourth-order valence-corrected chi connectivity index (χ4v) is 3.59. The minimum absolute atomic E-state index is 0.645. The van der Waals surface area contributed by atoms with Gasteiger partial charge in [0, 0.05) is 12.6 Å². The molecule has 2 heterocycles. The predicted octanol–water partition coefficient (Wildman–Crippen LogP) is 2.71. The molecule has 1 saturated carbocycles. The molecule has 0 spiro atoms. The SMILES string of the molecule is Cc1csc2c(N(CCCN)C3CCC3)ncnc12. The highest BCUT2D eigenvalue weighted by Gasteiger charge is 2.27. The first-order chi connectivity index (χ1) is 9.31. The predicted molar refractivity (Wildman–Crippen MR) is 80.8 cm³/mol. The molecule has 19 heavy (non-hydrogen) atoms. The summed E-state index contributed by atoms with van der Waals surface area (Å²) in [7, 11) is 0. The van der Waals surface area contributed by atoms with Crippen molar-refractivity contribution >= 4 is 27.4 Å². The Morgan fingerprint density at radius 3 is 2.95 bits per heavy atom. The highest BCUT2D eigenvalue weighted by atomic mass is 32.1. The van der Waals surface area contributed by atoms with Crippen LogP contribution in [0.15, 0.2) is 11.7 Å². The van der Waals surface area contributed by atoms with Gasteiger partial charge in [0.1, 0.15) is 12.1 Å². The van der Waals surface area contributed by atoms with Crippen molar-refractivity contribution in [1.82, 2.24) is 9.97 Å². The van der Waals surface area contributed by atoms with E-state index in [9.17, 15) is 0 Å². The Labute approximate surface area is 117 Å². The van der Waals surface area contributed by atoms with E-state index in [0.717, 1.165) is 30.8 Å². The molecule has 3 rings (SSSR count). The molecular formula is C14H20N4S. The number of anilines is 1. The second kappa shape index (κ2) is 5.43. The van der Waals surface area contributed by atoms with Gasteiger partial charge in [-0.3, -0.25) is 0 Å². The fraction of sp³-hybridized carbons (Fsp3) is 0.571. The number of aromatic nitrogens is 2. The first kappa shape index (κ1) is 12.8. The van der Waals surface area contributed by atoms with Crippen LogP contribution >= 0.6 is 11.3 Å². The Kier molecular flexibility index (Phi) is 3.66. The summed E-state index contributed by atoms with van der Waals surface area (Å²) in [5, 5.41) is 2.17. The molecule has 0 aromatic carbocycles. The van der Waals surface area contributed by atoms with E-state index in [4.69, 9.17) is 5.73 Å². The van der Waals surface area contributed by atoms with Gasteiger partial charge in [0.05, 0.1) is 10.2 Å². The van der Waals surface area contributed by atoms with Crippen molar-refractivity contribution in [2.24, 2.45) is 5.73 Å². The number of fused-ring (bicyclic) bond motifs is 1. The first-order valence-electron chi connectivity index (χ1n) is 6.96. The van der Waals surface area contributed by atoms with Gasteiger partial charge < -0.3 is 10.6 Å². The zero-order valence-corrected chi connectivity index (χ0v) is 12.1. The summed E-state index contributed by atoms with van der Waals surface area (Å²) in [6.45, 7) is 3.86. The number of nitrogens with zero attached hydrogens (tertiary/aromatic N) is 3. The molecule has 0 atom stereocenters. The molecule has 2 N–H and O–H groups in total. The van der Waals surface area contributed by atoms with E-state index in [1.165, 1.54) is 29.5 Å². The van der Waals surface area contributed by atoms with Gasteiger partial charge >= 0.3 is 0 Å². The van der Waals surface area contributed by atoms with Gasteiger partial charge in [0.15, 0.2) is 0 Å². The van der Waals surface area contributed by atoms with E-state index in [0.29, 0.717) is 6.04 Å². The maximum atomic E-state index is 5.67. The third-order valence-corrected chi connectivity index (χ3v) is 4.99. The highest BCUT2D eigenvalue weighted by Crippen LogP contribution is 2.35. The van der Waals surface area contributed by atoms with Crippen LogP contribution in [0.1, 0.15) is 31.2 Å². The summed E-state index contributed by atoms with van der Waals surface area (Å²) in [6.07, 6.45) is 6.61. The number of nitrogens with two attached hydrogens (primary N) is 1. The van der Waals surface area contributed by atoms with Gasteiger partial charge in [-0.05, 0) is 50.1 Å². The van der Waals surface area contributed by atoms with Crippen molar-refractivity contribution in [2.45, 2.75) is 38.6 Å². The zero-order chi connectivity index (χ0) is 13.2. The van der Waals surface area contributed by atoms with Crippen LogP contribution in [-0.2, 0) is 0 Å². The van der Waals surface area contributed by atoms with Crippen LogP contribution in [-0.4, -0.2) is 29.1 Å². The maximum Gasteiger partial charge on any atom is 0.150 e. The molecular weight excluding hydrogens is 256 g/mol. The van der Waals surface area contributed by atoms with E-state index in [1.54, 1.807) is 17.7 Å². The van der Waals surface area contributed by atoms with Crippen molar-refractivity contribution in [3.8, 4) is 0 Å². The maximum absolute atomic E-state index is 5.67. The fourth-order valence-electron chi connectivity index (χ4n) is 2.58. The minimum atomic E-state index is 0.645. The van der Waals surface area contributed by atoms with Gasteiger partial charge in [-0.25, -0.2) is 9.97 Å². The lowest BCUT2D eigenvalue weighted by atomic mass is 9.91. The van der Waals surface area contributed by atoms with E-state index in [1.807, 2.05) is 0 Å². The Balaban J connectivity index is 1.98. The normalized spacial score (nSPS) is 15.7. The van der Waals surface area contributed by atoms with Crippen LogP contribution in [0.5, 0.6) is 0 Å². The van der Waals surface area contributed by atoms with Crippen LogP contribution in [0.2, 0.25) is 0 Å². The first-order valence-corrected chi connectivity index (χ1v) is 7.84. The number of thiophene rings is 1. The van der Waals surface area contributed by atoms with Gasteiger partial charge in [-0.2, -0.15) is 0 Å². The van der Waals surface area contributed by atoms with Crippen LogP contribution < -0.4 is 10.6 Å². The summed E-state index contributed by atoms with van der Waals surface area (Å²) < 4.78 is 1.23. The third-order valence-electron chi connectivity index (χ3n) is 3.90. The topological polar surface area (TPSA) is 55.0 Å². The molecule has 2 aromatic heterocycles. The quantitative estimate of drug-likeness (QED) is 0.912. The zero-order valence-electron chi connectivity index (χ0n) is 11.3. The molecule has 0 saturated heterocycles. The number of hydrogen-bond acceptors (Lipinski definition) is 5. The average molecular weight is 276 g/mol. The molecule has 102 valence electrons. The Morgan fingerprint density at radius 1 is 1.42 bits per heavy atom. The second-order valence-electron chi connectivity index (χ2n) is 5.21. The van der Waals surface area contributed by atoms with E-state index in [-0.39, 0.29) is 0 Å². The molecule has 0 aliphatic heterocycles. The smallest absolute Gasteiger partial charge is 0.150 e. The molecule has 0 bridgehead atoms. The summed E-state index contributed by atoms with van der Waals surface area (Å²) in [6, 6.07) is 0.645. The Morgan fingerprint density at radius 2 is 2.26 bits per heavy atom. The molecule has 0 unspecified atom stereocenters. The largest absolute Gasteiger partial charge is 0.352 e. The monoisotopic (exact) mass is 276 g/mol.